The van der Waals surface area contributed by atoms with Gasteiger partial charge in [-0.3, -0.25) is 4.79 Å². The van der Waals surface area contributed by atoms with Gasteiger partial charge >= 0.3 is 5.92 Å². The number of amides is 1. The van der Waals surface area contributed by atoms with Gasteiger partial charge in [0.2, 0.25) is 0 Å². The molecule has 3 nitrogen and oxygen atoms in total. The summed E-state index contributed by atoms with van der Waals surface area (Å²) < 4.78 is 26.6. The number of piperidine rings is 1. The highest BCUT2D eigenvalue weighted by atomic mass is 19.3. The van der Waals surface area contributed by atoms with E-state index in [1.807, 2.05) is 0 Å². The molecule has 0 bridgehead atoms. The van der Waals surface area contributed by atoms with Gasteiger partial charge in [-0.15, -0.1) is 0 Å². The Hall–Kier alpha value is -0.710. The van der Waals surface area contributed by atoms with Gasteiger partial charge < -0.3 is 10.2 Å². The van der Waals surface area contributed by atoms with Crippen LogP contribution in [0.25, 0.3) is 0 Å². The summed E-state index contributed by atoms with van der Waals surface area (Å²) in [6.45, 7) is 4.30. The van der Waals surface area contributed by atoms with Gasteiger partial charge in [0, 0.05) is 26.1 Å². The predicted molar refractivity (Wildman–Crippen MR) is 61.0 cm³/mol. The lowest BCUT2D eigenvalue weighted by atomic mass is 9.78. The number of alkyl halides is 2. The number of carbonyl (C=O) groups excluding carboxylic acids is 1. The fourth-order valence-electron chi connectivity index (χ4n) is 2.79. The second-order valence-corrected chi connectivity index (χ2v) is 5.28. The quantitative estimate of drug-likeness (QED) is 0.803. The molecule has 0 aliphatic carbocycles. The van der Waals surface area contributed by atoms with Gasteiger partial charge in [-0.05, 0) is 31.2 Å². The van der Waals surface area contributed by atoms with E-state index in [4.69, 9.17) is 0 Å². The van der Waals surface area contributed by atoms with Crippen LogP contribution < -0.4 is 5.32 Å². The van der Waals surface area contributed by atoms with E-state index < -0.39 is 18.3 Å². The van der Waals surface area contributed by atoms with Crippen LogP contribution in [0.2, 0.25) is 0 Å². The van der Waals surface area contributed by atoms with E-state index in [0.29, 0.717) is 13.1 Å². The minimum Gasteiger partial charge on any atom is -0.337 e. The molecule has 0 unspecified atom stereocenters. The van der Waals surface area contributed by atoms with Gasteiger partial charge in [0.15, 0.2) is 0 Å². The summed E-state index contributed by atoms with van der Waals surface area (Å²) in [4.78, 5) is 13.0. The molecule has 17 heavy (non-hydrogen) atoms. The molecule has 2 aliphatic heterocycles. The van der Waals surface area contributed by atoms with E-state index in [2.05, 4.69) is 5.32 Å². The third-order valence-corrected chi connectivity index (χ3v) is 4.20. The van der Waals surface area contributed by atoms with Crippen molar-refractivity contribution in [1.82, 2.24) is 10.2 Å². The van der Waals surface area contributed by atoms with E-state index in [1.165, 1.54) is 11.8 Å². The number of hydrogen-bond donors (Lipinski definition) is 1. The number of likely N-dealkylation sites (tertiary alicyclic amines) is 1. The van der Waals surface area contributed by atoms with Crippen molar-refractivity contribution in [3.8, 4) is 0 Å². The topological polar surface area (TPSA) is 32.3 Å². The highest BCUT2D eigenvalue weighted by Gasteiger charge is 2.44. The molecule has 5 heteroatoms. The Morgan fingerprint density at radius 1 is 1.35 bits per heavy atom. The molecule has 2 heterocycles. The largest absolute Gasteiger partial charge is 0.337 e. The maximum atomic E-state index is 13.3. The van der Waals surface area contributed by atoms with Gasteiger partial charge in [-0.2, -0.15) is 8.78 Å². The Kier molecular flexibility index (Phi) is 3.39. The molecule has 0 aromatic carbocycles. The minimum atomic E-state index is -3.18. The molecule has 2 fully saturated rings. The SMILES string of the molecule is CCC(F)(F)C(=O)N1CCC2(CCNC2)CC1. The van der Waals surface area contributed by atoms with E-state index >= 15 is 0 Å². The van der Waals surface area contributed by atoms with Crippen LogP contribution in [0.5, 0.6) is 0 Å². The summed E-state index contributed by atoms with van der Waals surface area (Å²) in [5, 5.41) is 3.32. The van der Waals surface area contributed by atoms with Crippen molar-refractivity contribution in [1.29, 1.82) is 0 Å². The summed E-state index contributed by atoms with van der Waals surface area (Å²) >= 11 is 0. The zero-order valence-corrected chi connectivity index (χ0v) is 10.3. The first-order chi connectivity index (χ1) is 7.99. The molecule has 2 rings (SSSR count). The zero-order chi connectivity index (χ0) is 12.5. The van der Waals surface area contributed by atoms with Crippen molar-refractivity contribution >= 4 is 5.91 Å². The standard InChI is InChI=1S/C12H20F2N2O/c1-2-12(13,14)10(17)16-7-4-11(5-8-16)3-6-15-9-11/h15H,2-9H2,1H3. The number of nitrogens with zero attached hydrogens (tertiary/aromatic N) is 1. The van der Waals surface area contributed by atoms with E-state index in [1.54, 1.807) is 0 Å². The highest BCUT2D eigenvalue weighted by Crippen LogP contribution is 2.37. The molecule has 1 amide bonds. The van der Waals surface area contributed by atoms with Crippen LogP contribution in [0.4, 0.5) is 8.78 Å². The molecular weight excluding hydrogens is 226 g/mol. The first-order valence-electron chi connectivity index (χ1n) is 6.37. The Balaban J connectivity index is 1.93. The molecule has 0 radical (unpaired) electrons. The molecule has 2 saturated heterocycles. The molecule has 2 aliphatic rings. The lowest BCUT2D eigenvalue weighted by molar-refractivity contribution is -0.160. The Bertz CT molecular complexity index is 291. The molecule has 0 aromatic heterocycles. The van der Waals surface area contributed by atoms with Crippen LogP contribution in [0.3, 0.4) is 0 Å². The van der Waals surface area contributed by atoms with Crippen molar-refractivity contribution in [3.05, 3.63) is 0 Å². The van der Waals surface area contributed by atoms with E-state index in [-0.39, 0.29) is 5.41 Å². The van der Waals surface area contributed by atoms with E-state index in [9.17, 15) is 13.6 Å². The summed E-state index contributed by atoms with van der Waals surface area (Å²) in [5.41, 5.74) is 0.262. The fourth-order valence-corrected chi connectivity index (χ4v) is 2.79. The lowest BCUT2D eigenvalue weighted by Crippen LogP contribution is -2.49. The summed E-state index contributed by atoms with van der Waals surface area (Å²) in [5.74, 6) is -4.17. The smallest absolute Gasteiger partial charge is 0.324 e. The number of hydrogen-bond acceptors (Lipinski definition) is 2. The zero-order valence-electron chi connectivity index (χ0n) is 10.3. The molecule has 0 aromatic rings. The third kappa shape index (κ3) is 2.44. The summed E-state index contributed by atoms with van der Waals surface area (Å²) in [7, 11) is 0. The summed E-state index contributed by atoms with van der Waals surface area (Å²) in [6.07, 6.45) is 2.41. The van der Waals surface area contributed by atoms with Crippen molar-refractivity contribution in [2.75, 3.05) is 26.2 Å². The molecule has 1 N–H and O–H groups in total. The molecule has 1 spiro atoms. The first-order valence-corrected chi connectivity index (χ1v) is 6.37. The van der Waals surface area contributed by atoms with Crippen molar-refractivity contribution in [3.63, 3.8) is 0 Å². The fraction of sp³-hybridized carbons (Fsp3) is 0.917. The average Bonchev–Trinajstić information content (AvgIpc) is 2.78. The molecular formula is C12H20F2N2O. The third-order valence-electron chi connectivity index (χ3n) is 4.20. The number of rotatable bonds is 2. The normalized spacial score (nSPS) is 24.3. The molecule has 0 saturated carbocycles. The van der Waals surface area contributed by atoms with Crippen molar-refractivity contribution in [2.45, 2.75) is 38.5 Å². The van der Waals surface area contributed by atoms with Gasteiger partial charge in [0.1, 0.15) is 0 Å². The first kappa shape index (κ1) is 12.7. The Labute approximate surface area is 101 Å². The average molecular weight is 246 g/mol. The van der Waals surface area contributed by atoms with Crippen LogP contribution in [0.15, 0.2) is 0 Å². The molecule has 0 atom stereocenters. The van der Waals surface area contributed by atoms with Gasteiger partial charge in [-0.25, -0.2) is 0 Å². The number of halogens is 2. The Morgan fingerprint density at radius 3 is 2.47 bits per heavy atom. The van der Waals surface area contributed by atoms with Crippen LogP contribution in [0, 0.1) is 5.41 Å². The monoisotopic (exact) mass is 246 g/mol. The maximum absolute atomic E-state index is 13.3. The van der Waals surface area contributed by atoms with Gasteiger partial charge in [0.25, 0.3) is 5.91 Å². The lowest BCUT2D eigenvalue weighted by Gasteiger charge is -2.39. The van der Waals surface area contributed by atoms with Crippen LogP contribution in [-0.2, 0) is 4.79 Å². The maximum Gasteiger partial charge on any atom is 0.324 e. The Morgan fingerprint density at radius 2 is 2.00 bits per heavy atom. The van der Waals surface area contributed by atoms with Crippen LogP contribution in [0.1, 0.15) is 32.6 Å². The van der Waals surface area contributed by atoms with Crippen LogP contribution in [-0.4, -0.2) is 42.9 Å². The van der Waals surface area contributed by atoms with E-state index in [0.717, 1.165) is 32.4 Å². The predicted octanol–water partition coefficient (Wildman–Crippen LogP) is 1.63. The highest BCUT2D eigenvalue weighted by molar-refractivity contribution is 5.83. The minimum absolute atomic E-state index is 0.262. The number of carbonyl (C=O) groups is 1. The van der Waals surface area contributed by atoms with Crippen LogP contribution >= 0.6 is 0 Å². The van der Waals surface area contributed by atoms with Crippen molar-refractivity contribution in [2.24, 2.45) is 5.41 Å². The molecule has 98 valence electrons. The second-order valence-electron chi connectivity index (χ2n) is 5.28. The summed E-state index contributed by atoms with van der Waals surface area (Å²) in [6, 6.07) is 0. The second kappa shape index (κ2) is 4.52. The van der Waals surface area contributed by atoms with Gasteiger partial charge in [0.05, 0.1) is 0 Å². The number of nitrogens with one attached hydrogen (secondary N) is 1. The van der Waals surface area contributed by atoms with Gasteiger partial charge in [-0.1, -0.05) is 6.92 Å². The van der Waals surface area contributed by atoms with Crippen molar-refractivity contribution < 1.29 is 13.6 Å².